The van der Waals surface area contributed by atoms with Crippen LogP contribution < -0.4 is 37.2 Å². The van der Waals surface area contributed by atoms with E-state index in [1.54, 1.807) is 62.6 Å². The Bertz CT molecular complexity index is 8450. The molecular weight excluding hydrogens is 1080 g/mol. The van der Waals surface area contributed by atoms with E-state index in [-0.39, 0.29) is 61.4 Å². The molecule has 0 radical (unpaired) electrons. The summed E-state index contributed by atoms with van der Waals surface area (Å²) in [5.41, 5.74) is -4.31. The summed E-state index contributed by atoms with van der Waals surface area (Å²) < 4.78 is 11.0. The monoisotopic (exact) mass is 1100 g/mol. The van der Waals surface area contributed by atoms with Crippen LogP contribution in [0.3, 0.4) is 0 Å². The largest absolute Gasteiger partial charge is 0.497 e. The number of fused-ring (bicyclic) bond motifs is 9. The highest BCUT2D eigenvalue weighted by Gasteiger charge is 2.64. The molecule has 386 valence electrons. The maximum Gasteiger partial charge on any atom is 0.338 e. The van der Waals surface area contributed by atoms with Gasteiger partial charge in [0.15, 0.2) is 16.3 Å². The highest BCUT2D eigenvalue weighted by atomic mass is 16.5. The van der Waals surface area contributed by atoms with Gasteiger partial charge in [-0.05, 0) is 152 Å². The third-order valence-electron chi connectivity index (χ3n) is 25.1. The van der Waals surface area contributed by atoms with E-state index in [4.69, 9.17) is 19.5 Å². The second-order valence-electron chi connectivity index (χ2n) is 27.1. The van der Waals surface area contributed by atoms with Gasteiger partial charge in [-0.25, -0.2) is 14.8 Å². The van der Waals surface area contributed by atoms with Gasteiger partial charge in [0.1, 0.15) is 27.7 Å². The van der Waals surface area contributed by atoms with Crippen LogP contribution in [0.5, 0.6) is 5.75 Å². The van der Waals surface area contributed by atoms with Crippen LogP contribution in [0.25, 0.3) is 248 Å². The number of hydrogen-bond acceptors (Lipinski definition) is 11. The lowest BCUT2D eigenvalue weighted by molar-refractivity contribution is 0.0526. The second-order valence-corrected chi connectivity index (χ2v) is 27.1. The quantitative estimate of drug-likeness (QED) is 0.126. The van der Waals surface area contributed by atoms with Gasteiger partial charge in [0, 0.05) is 184 Å². The summed E-state index contributed by atoms with van der Waals surface area (Å²) in [5, 5.41) is 73.4. The Morgan fingerprint density at radius 1 is 0.333 bits per heavy atom. The van der Waals surface area contributed by atoms with Gasteiger partial charge in [0.25, 0.3) is 0 Å². The standard InChI is InChI=1S/C76H18N2O9/c1-3-87-74(83)12-4-6-13(7-5-12)77-68-66-67(69(73(68)82)78-14-8-10-15(86-2)11-9-14)76(85)63-53-43-33-24-19-17-16-18-20(19)31-34-32-23(18)29-27-21(16)25-26-22(17)28-30(24)41(43)51-49-39(28)37(26)47-46-36(25)38(27)48-50-40(29)42(32)52-54-44(34)45(35(31)33)55(53)65(76)64(54)75(66,84)62(52)60(50)71(80)58(48)56(46)70(79)57(47)59(49)72(81)61(51)63/h4-11,84-85H,3H2,1-2H3/t75-,76+/m0/s1. The minimum atomic E-state index is -2.41. The van der Waals surface area contributed by atoms with Gasteiger partial charge >= 0.3 is 5.97 Å². The number of esters is 1. The zero-order chi connectivity index (χ0) is 55.6. The first-order valence-electron chi connectivity index (χ1n) is 29.8. The maximum absolute atomic E-state index is 17.4. The van der Waals surface area contributed by atoms with E-state index < -0.39 is 22.6 Å². The van der Waals surface area contributed by atoms with Crippen molar-refractivity contribution in [1.29, 1.82) is 0 Å². The van der Waals surface area contributed by atoms with E-state index in [0.717, 1.165) is 129 Å². The zero-order valence-electron chi connectivity index (χ0n) is 44.5. The summed E-state index contributed by atoms with van der Waals surface area (Å²) in [7, 11) is 1.57. The first-order valence-corrected chi connectivity index (χ1v) is 29.8. The Morgan fingerprint density at radius 2 is 0.586 bits per heavy atom. The van der Waals surface area contributed by atoms with Crippen LogP contribution in [0.15, 0.2) is 77.7 Å². The summed E-state index contributed by atoms with van der Waals surface area (Å²) >= 11 is 0. The van der Waals surface area contributed by atoms with Gasteiger partial charge in [-0.2, -0.15) is 0 Å². The van der Waals surface area contributed by atoms with Crippen LogP contribution in [0, 0.1) is 0 Å². The minimum absolute atomic E-state index is 0.00551. The number of aliphatic hydroxyl groups is 2. The topological polar surface area (TPSA) is 169 Å². The number of rotatable bonds is 5. The normalized spacial score (nSPS) is 19.5. The molecule has 0 amide bonds. The second kappa shape index (κ2) is 9.93. The Balaban J connectivity index is 1.02. The van der Waals surface area contributed by atoms with Gasteiger partial charge in [0.2, 0.25) is 5.43 Å². The van der Waals surface area contributed by atoms with E-state index in [2.05, 4.69) is 0 Å². The summed E-state index contributed by atoms with van der Waals surface area (Å²) in [6.07, 6.45) is 0. The fraction of sp³-hybridized carbons (Fsp3) is 0.0658. The van der Waals surface area contributed by atoms with Crippen molar-refractivity contribution in [3.05, 3.63) is 139 Å². The fourth-order valence-corrected chi connectivity index (χ4v) is 23.5. The third kappa shape index (κ3) is 2.67. The average molecular weight is 1100 g/mol. The SMILES string of the molecule is CCOC(=O)c1ccc(N=c2c3c(c(=Nc4ccc(OC)cc4)c2=O)[C@]2(O)c4c5c6c7c(c8c(=O)c9c%10c(=O)c%11c%12c(=O)c%13c2c2c4c4c6c6c%14c7c7c8c9c8c9c%10c%11c%10c%11c%12c%13c%12c2c2c4c6c4c6c%14c7c8c7c9c%10c8c%11c%12c2c4c8c76)[C@@]35O)cc1. The number of carbonyl (C=O) groups is 1. The molecule has 3 aliphatic carbocycles. The van der Waals surface area contributed by atoms with Crippen molar-refractivity contribution in [1.82, 2.24) is 0 Å². The van der Waals surface area contributed by atoms with Crippen molar-refractivity contribution in [3.8, 4) is 5.75 Å². The molecule has 0 saturated heterocycles. The van der Waals surface area contributed by atoms with E-state index in [0.29, 0.717) is 92.9 Å². The van der Waals surface area contributed by atoms with E-state index >= 15 is 29.4 Å². The van der Waals surface area contributed by atoms with Crippen LogP contribution in [0.1, 0.15) is 50.7 Å². The molecule has 30 rings (SSSR count). The van der Waals surface area contributed by atoms with Crippen molar-refractivity contribution in [2.24, 2.45) is 9.98 Å². The maximum atomic E-state index is 17.4. The van der Waals surface area contributed by atoms with Crippen molar-refractivity contribution in [3.63, 3.8) is 0 Å². The minimum Gasteiger partial charge on any atom is -0.497 e. The van der Waals surface area contributed by atoms with Gasteiger partial charge < -0.3 is 19.7 Å². The number of nitrogens with zero attached hydrogens (tertiary/aromatic N) is 2. The molecule has 0 aliphatic heterocycles. The number of carbonyl (C=O) groups excluding carboxylic acids is 1. The number of hydrogen-bond donors (Lipinski definition) is 2. The van der Waals surface area contributed by atoms with Crippen LogP contribution in [-0.4, -0.2) is 29.9 Å². The lowest BCUT2D eigenvalue weighted by Gasteiger charge is -2.41. The number of ether oxygens (including phenoxy) is 2. The average Bonchev–Trinajstić information content (AvgIpc) is 1.40. The van der Waals surface area contributed by atoms with Gasteiger partial charge in [-0.3, -0.25) is 19.2 Å². The molecule has 2 N–H and O–H groups in total. The Hall–Kier alpha value is -11.1. The lowest BCUT2D eigenvalue weighted by atomic mass is 9.66. The highest BCUT2D eigenvalue weighted by Crippen LogP contribution is 2.78. The van der Waals surface area contributed by atoms with Crippen molar-refractivity contribution in [2.75, 3.05) is 13.7 Å². The van der Waals surface area contributed by atoms with Crippen molar-refractivity contribution >= 4 is 265 Å². The van der Waals surface area contributed by atoms with Crippen molar-refractivity contribution < 1.29 is 24.5 Å². The fourth-order valence-electron chi connectivity index (χ4n) is 23.5. The molecule has 0 bridgehead atoms. The van der Waals surface area contributed by atoms with E-state index in [1.165, 1.54) is 53.9 Å². The molecule has 0 heterocycles. The molecule has 3 aliphatic rings. The molecule has 87 heavy (non-hydrogen) atoms. The number of methoxy groups -OCH3 is 1. The van der Waals surface area contributed by atoms with Crippen LogP contribution in [-0.2, 0) is 15.9 Å². The molecule has 11 heteroatoms. The van der Waals surface area contributed by atoms with Gasteiger partial charge in [-0.1, -0.05) is 0 Å². The van der Waals surface area contributed by atoms with Crippen LogP contribution in [0.2, 0.25) is 0 Å². The Kier molecular flexibility index (Phi) is 4.42. The molecule has 2 atom stereocenters. The third-order valence-corrected chi connectivity index (χ3v) is 25.1. The summed E-state index contributed by atoms with van der Waals surface area (Å²) in [6, 6.07) is 13.4. The molecule has 11 nitrogen and oxygen atoms in total. The van der Waals surface area contributed by atoms with Crippen molar-refractivity contribution in [2.45, 2.75) is 18.1 Å². The molecule has 0 aromatic heterocycles. The molecule has 0 saturated carbocycles. The summed E-state index contributed by atoms with van der Waals surface area (Å²) in [4.78, 5) is 92.0. The lowest BCUT2D eigenvalue weighted by Crippen LogP contribution is -2.46. The molecule has 27 aromatic carbocycles. The highest BCUT2D eigenvalue weighted by molar-refractivity contribution is 6.78. The zero-order valence-corrected chi connectivity index (χ0v) is 44.5. The molecule has 0 spiro atoms. The summed E-state index contributed by atoms with van der Waals surface area (Å²) in [5.74, 6) is 0.0307. The molecule has 0 fully saturated rings. The van der Waals surface area contributed by atoms with Crippen LogP contribution in [0.4, 0.5) is 11.4 Å². The van der Waals surface area contributed by atoms with Gasteiger partial charge in [-0.15, -0.1) is 0 Å². The van der Waals surface area contributed by atoms with Gasteiger partial charge in [0.05, 0.1) is 30.7 Å². The Labute approximate surface area is 473 Å². The number of benzene rings is 17. The summed E-state index contributed by atoms with van der Waals surface area (Å²) in [6.45, 7) is 1.91. The van der Waals surface area contributed by atoms with Crippen LogP contribution >= 0.6 is 0 Å². The first kappa shape index (κ1) is 38.7. The Morgan fingerprint density at radius 3 is 0.885 bits per heavy atom. The molecule has 27 aromatic rings. The van der Waals surface area contributed by atoms with E-state index in [9.17, 15) is 4.79 Å². The first-order chi connectivity index (χ1) is 42.6. The molecular formula is C76H18N2O9. The molecule has 0 unspecified atom stereocenters. The van der Waals surface area contributed by atoms with E-state index in [1.807, 2.05) is 0 Å². The smallest absolute Gasteiger partial charge is 0.338 e. The predicted molar refractivity (Wildman–Crippen MR) is 341 cm³/mol. The predicted octanol–water partition coefficient (Wildman–Crippen LogP) is 13.2.